The van der Waals surface area contributed by atoms with Gasteiger partial charge >= 0.3 is 5.97 Å². The summed E-state index contributed by atoms with van der Waals surface area (Å²) in [4.78, 5) is 10.4. The molecule has 0 spiro atoms. The van der Waals surface area contributed by atoms with Gasteiger partial charge in [-0.05, 0) is 39.7 Å². The fourth-order valence-electron chi connectivity index (χ4n) is 1.16. The van der Waals surface area contributed by atoms with E-state index in [0.717, 1.165) is 25.8 Å². The Labute approximate surface area is 92.2 Å². The quantitative estimate of drug-likeness (QED) is 0.535. The van der Waals surface area contributed by atoms with Gasteiger partial charge in [0.15, 0.2) is 0 Å². The molecule has 0 saturated heterocycles. The topological polar surface area (TPSA) is 75.3 Å². The summed E-state index contributed by atoms with van der Waals surface area (Å²) in [5, 5.41) is 12.0. The first kappa shape index (κ1) is 14.4. The number of nitrogens with one attached hydrogen (secondary N) is 1. The maximum absolute atomic E-state index is 10.4. The molecule has 0 aliphatic heterocycles. The van der Waals surface area contributed by atoms with E-state index in [2.05, 4.69) is 26.1 Å². The van der Waals surface area contributed by atoms with Crippen LogP contribution in [0.2, 0.25) is 0 Å². The zero-order valence-corrected chi connectivity index (χ0v) is 10.0. The molecule has 1 atom stereocenters. The number of carboxylic acid groups (broad SMARTS) is 1. The molecule has 0 aromatic heterocycles. The Morgan fingerprint density at radius 3 is 2.53 bits per heavy atom. The lowest BCUT2D eigenvalue weighted by Gasteiger charge is -2.24. The third kappa shape index (κ3) is 7.33. The van der Waals surface area contributed by atoms with Crippen LogP contribution in [0.5, 0.6) is 0 Å². The monoisotopic (exact) mass is 216 g/mol. The van der Waals surface area contributed by atoms with Crippen molar-refractivity contribution in [1.29, 1.82) is 0 Å². The minimum absolute atomic E-state index is 0.176. The Morgan fingerprint density at radius 1 is 1.47 bits per heavy atom. The molecule has 0 aromatic carbocycles. The molecule has 0 heterocycles. The molecule has 0 aromatic rings. The number of unbranched alkanes of at least 4 members (excludes halogenated alkanes) is 1. The first-order valence-electron chi connectivity index (χ1n) is 5.62. The van der Waals surface area contributed by atoms with Crippen LogP contribution >= 0.6 is 0 Å². The Hall–Kier alpha value is -0.610. The number of aliphatic carboxylic acids is 1. The van der Waals surface area contributed by atoms with Crippen molar-refractivity contribution < 1.29 is 9.90 Å². The SMILES string of the molecule is CCC(C)(C)NCCCC[C@H](N)C(=O)O. The van der Waals surface area contributed by atoms with Crippen molar-refractivity contribution in [3.63, 3.8) is 0 Å². The van der Waals surface area contributed by atoms with E-state index in [1.54, 1.807) is 0 Å². The van der Waals surface area contributed by atoms with Crippen LogP contribution in [0.3, 0.4) is 0 Å². The number of nitrogens with two attached hydrogens (primary N) is 1. The highest BCUT2D eigenvalue weighted by molar-refractivity contribution is 5.72. The van der Waals surface area contributed by atoms with Crippen molar-refractivity contribution in [3.8, 4) is 0 Å². The molecular weight excluding hydrogens is 192 g/mol. The smallest absolute Gasteiger partial charge is 0.320 e. The van der Waals surface area contributed by atoms with Gasteiger partial charge in [0.25, 0.3) is 0 Å². The van der Waals surface area contributed by atoms with Gasteiger partial charge < -0.3 is 16.2 Å². The summed E-state index contributed by atoms with van der Waals surface area (Å²) in [6.07, 6.45) is 3.48. The second-order valence-corrected chi connectivity index (χ2v) is 4.60. The summed E-state index contributed by atoms with van der Waals surface area (Å²) >= 11 is 0. The fraction of sp³-hybridized carbons (Fsp3) is 0.909. The molecule has 0 saturated carbocycles. The van der Waals surface area contributed by atoms with Gasteiger partial charge in [-0.25, -0.2) is 0 Å². The highest BCUT2D eigenvalue weighted by Gasteiger charge is 2.13. The Morgan fingerprint density at radius 2 is 2.07 bits per heavy atom. The van der Waals surface area contributed by atoms with E-state index in [-0.39, 0.29) is 5.54 Å². The van der Waals surface area contributed by atoms with Gasteiger partial charge in [0.1, 0.15) is 6.04 Å². The lowest BCUT2D eigenvalue weighted by Crippen LogP contribution is -2.39. The number of carboxylic acids is 1. The van der Waals surface area contributed by atoms with Crippen LogP contribution < -0.4 is 11.1 Å². The summed E-state index contributed by atoms with van der Waals surface area (Å²) in [6.45, 7) is 7.40. The van der Waals surface area contributed by atoms with Crippen LogP contribution in [0.25, 0.3) is 0 Å². The highest BCUT2D eigenvalue weighted by Crippen LogP contribution is 2.07. The third-order valence-corrected chi connectivity index (χ3v) is 2.75. The summed E-state index contributed by atoms with van der Waals surface area (Å²) in [5.41, 5.74) is 5.57. The predicted octanol–water partition coefficient (Wildman–Crippen LogP) is 1.35. The van der Waals surface area contributed by atoms with Crippen molar-refractivity contribution in [2.75, 3.05) is 6.54 Å². The molecule has 0 aliphatic carbocycles. The van der Waals surface area contributed by atoms with E-state index in [0.29, 0.717) is 6.42 Å². The summed E-state index contributed by atoms with van der Waals surface area (Å²) < 4.78 is 0. The van der Waals surface area contributed by atoms with Gasteiger partial charge in [-0.2, -0.15) is 0 Å². The zero-order chi connectivity index (χ0) is 11.9. The van der Waals surface area contributed by atoms with E-state index < -0.39 is 12.0 Å². The van der Waals surface area contributed by atoms with Gasteiger partial charge in [0.2, 0.25) is 0 Å². The third-order valence-electron chi connectivity index (χ3n) is 2.75. The molecule has 0 radical (unpaired) electrons. The normalized spacial score (nSPS) is 13.9. The molecule has 0 aliphatic rings. The van der Waals surface area contributed by atoms with Crippen molar-refractivity contribution in [2.45, 2.75) is 58.0 Å². The van der Waals surface area contributed by atoms with Crippen molar-refractivity contribution in [3.05, 3.63) is 0 Å². The Balaban J connectivity index is 3.44. The van der Waals surface area contributed by atoms with Crippen molar-refractivity contribution >= 4 is 5.97 Å². The molecule has 0 rings (SSSR count). The molecule has 0 fully saturated rings. The van der Waals surface area contributed by atoms with E-state index in [4.69, 9.17) is 10.8 Å². The average molecular weight is 216 g/mol. The van der Waals surface area contributed by atoms with E-state index >= 15 is 0 Å². The van der Waals surface area contributed by atoms with Crippen molar-refractivity contribution in [2.24, 2.45) is 5.73 Å². The second-order valence-electron chi connectivity index (χ2n) is 4.60. The molecule has 0 unspecified atom stereocenters. The molecule has 4 nitrogen and oxygen atoms in total. The maximum atomic E-state index is 10.4. The largest absolute Gasteiger partial charge is 0.480 e. The predicted molar refractivity (Wildman–Crippen MR) is 61.8 cm³/mol. The molecule has 4 N–H and O–H groups in total. The van der Waals surface area contributed by atoms with E-state index in [9.17, 15) is 4.79 Å². The molecule has 4 heteroatoms. The second kappa shape index (κ2) is 6.80. The van der Waals surface area contributed by atoms with Crippen LogP contribution in [0.4, 0.5) is 0 Å². The molecule has 0 amide bonds. The van der Waals surface area contributed by atoms with Gasteiger partial charge in [-0.3, -0.25) is 4.79 Å². The van der Waals surface area contributed by atoms with Crippen LogP contribution in [0.15, 0.2) is 0 Å². The molecule has 0 bridgehead atoms. The number of hydrogen-bond acceptors (Lipinski definition) is 3. The van der Waals surface area contributed by atoms with E-state index in [1.165, 1.54) is 0 Å². The summed E-state index contributed by atoms with van der Waals surface area (Å²) in [5.74, 6) is -0.906. The number of carbonyl (C=O) groups is 1. The first-order chi connectivity index (χ1) is 6.89. The Bertz CT molecular complexity index is 193. The summed E-state index contributed by atoms with van der Waals surface area (Å²) in [6, 6.07) is -0.704. The van der Waals surface area contributed by atoms with Crippen LogP contribution in [0, 0.1) is 0 Å². The fourth-order valence-corrected chi connectivity index (χ4v) is 1.16. The summed E-state index contributed by atoms with van der Waals surface area (Å²) in [7, 11) is 0. The van der Waals surface area contributed by atoms with Crippen LogP contribution in [0.1, 0.15) is 46.5 Å². The van der Waals surface area contributed by atoms with Gasteiger partial charge in [-0.15, -0.1) is 0 Å². The van der Waals surface area contributed by atoms with Crippen LogP contribution in [-0.2, 0) is 4.79 Å². The minimum atomic E-state index is -0.906. The van der Waals surface area contributed by atoms with Crippen molar-refractivity contribution in [1.82, 2.24) is 5.32 Å². The molecule has 90 valence electrons. The molecular formula is C11H24N2O2. The highest BCUT2D eigenvalue weighted by atomic mass is 16.4. The Kier molecular flexibility index (Phi) is 6.52. The van der Waals surface area contributed by atoms with E-state index in [1.807, 2.05) is 0 Å². The molecule has 15 heavy (non-hydrogen) atoms. The van der Waals surface area contributed by atoms with Gasteiger partial charge in [0.05, 0.1) is 0 Å². The number of rotatable bonds is 8. The lowest BCUT2D eigenvalue weighted by molar-refractivity contribution is -0.138. The van der Waals surface area contributed by atoms with Gasteiger partial charge in [-0.1, -0.05) is 13.3 Å². The number of hydrogen-bond donors (Lipinski definition) is 3. The van der Waals surface area contributed by atoms with Crippen LogP contribution in [-0.4, -0.2) is 29.2 Å². The zero-order valence-electron chi connectivity index (χ0n) is 10.0. The maximum Gasteiger partial charge on any atom is 0.320 e. The first-order valence-corrected chi connectivity index (χ1v) is 5.62. The lowest BCUT2D eigenvalue weighted by atomic mass is 10.0. The van der Waals surface area contributed by atoms with Gasteiger partial charge in [0, 0.05) is 5.54 Å². The average Bonchev–Trinajstić information content (AvgIpc) is 2.16. The minimum Gasteiger partial charge on any atom is -0.480 e. The standard InChI is InChI=1S/C11H24N2O2/c1-4-11(2,3)13-8-6-5-7-9(12)10(14)15/h9,13H,4-8,12H2,1-3H3,(H,14,15)/t9-/m0/s1.